The predicted octanol–water partition coefficient (Wildman–Crippen LogP) is 2.30. The zero-order valence-electron chi connectivity index (χ0n) is 13.4. The number of aliphatic imine (C=N–C) groups is 1. The highest BCUT2D eigenvalue weighted by atomic mass is 127. The van der Waals surface area contributed by atoms with E-state index in [4.69, 9.17) is 0 Å². The molecule has 124 valence electrons. The highest BCUT2D eigenvalue weighted by molar-refractivity contribution is 14.0. The van der Waals surface area contributed by atoms with Gasteiger partial charge in [-0.3, -0.25) is 4.79 Å². The number of hydrogen-bond donors (Lipinski definition) is 4. The van der Waals surface area contributed by atoms with E-state index in [-0.39, 0.29) is 47.7 Å². The number of guanidine groups is 1. The molecular weight excluding hydrogens is 395 g/mol. The van der Waals surface area contributed by atoms with E-state index in [0.29, 0.717) is 11.6 Å². The van der Waals surface area contributed by atoms with Crippen LogP contribution in [0.2, 0.25) is 0 Å². The number of nitrogens with one attached hydrogen (secondary N) is 3. The Morgan fingerprint density at radius 3 is 2.32 bits per heavy atom. The molecule has 4 N–H and O–H groups in total. The molecule has 0 aliphatic heterocycles. The van der Waals surface area contributed by atoms with Crippen molar-refractivity contribution in [3.63, 3.8) is 0 Å². The molecule has 7 heteroatoms. The minimum atomic E-state index is -0.216. The number of carbonyl (C=O) groups excluding carboxylic acids is 1. The molecule has 0 heterocycles. The van der Waals surface area contributed by atoms with Gasteiger partial charge in [0, 0.05) is 17.8 Å². The average molecular weight is 420 g/mol. The second-order valence-corrected chi connectivity index (χ2v) is 5.67. The lowest BCUT2D eigenvalue weighted by atomic mass is 10.1. The van der Waals surface area contributed by atoms with Gasteiger partial charge in [0.15, 0.2) is 5.96 Å². The third-order valence-corrected chi connectivity index (χ3v) is 2.37. The fraction of sp³-hybridized carbons (Fsp3) is 0.467. The van der Waals surface area contributed by atoms with Crippen LogP contribution < -0.4 is 16.0 Å². The lowest BCUT2D eigenvalue weighted by Gasteiger charge is -2.23. The molecule has 0 radical (unpaired) electrons. The predicted molar refractivity (Wildman–Crippen MR) is 101 cm³/mol. The van der Waals surface area contributed by atoms with E-state index >= 15 is 0 Å². The van der Waals surface area contributed by atoms with Crippen molar-refractivity contribution >= 4 is 41.5 Å². The maximum absolute atomic E-state index is 11.8. The molecule has 1 aromatic carbocycles. The number of carbonyl (C=O) groups is 1. The Hall–Kier alpha value is -1.51. The molecule has 0 saturated carbocycles. The van der Waals surface area contributed by atoms with Gasteiger partial charge in [0.1, 0.15) is 12.3 Å². The Kier molecular flexibility index (Phi) is 8.84. The molecular formula is C15H25IN4O2. The largest absolute Gasteiger partial charge is 0.508 e. The maximum atomic E-state index is 11.8. The number of nitrogens with zero attached hydrogens (tertiary/aromatic N) is 1. The van der Waals surface area contributed by atoms with Crippen molar-refractivity contribution in [3.05, 3.63) is 24.3 Å². The summed E-state index contributed by atoms with van der Waals surface area (Å²) in [6, 6.07) is 6.30. The second kappa shape index (κ2) is 9.50. The van der Waals surface area contributed by atoms with Gasteiger partial charge >= 0.3 is 0 Å². The first kappa shape index (κ1) is 20.5. The summed E-state index contributed by atoms with van der Waals surface area (Å²) in [7, 11) is 0. The summed E-state index contributed by atoms with van der Waals surface area (Å²) in [6.07, 6.45) is 0. The number of phenolic OH excluding ortho intramolecular Hbond substituents is 1. The van der Waals surface area contributed by atoms with Crippen molar-refractivity contribution in [2.75, 3.05) is 18.4 Å². The normalized spacial score (nSPS) is 11.4. The highest BCUT2D eigenvalue weighted by Gasteiger charge is 2.12. The summed E-state index contributed by atoms with van der Waals surface area (Å²) >= 11 is 0. The first-order valence-electron chi connectivity index (χ1n) is 6.95. The molecule has 1 rings (SSSR count). The van der Waals surface area contributed by atoms with Crippen LogP contribution in [0.3, 0.4) is 0 Å². The van der Waals surface area contributed by atoms with Crippen LogP contribution in [0.4, 0.5) is 5.69 Å². The monoisotopic (exact) mass is 420 g/mol. The zero-order chi connectivity index (χ0) is 15.9. The van der Waals surface area contributed by atoms with Crippen LogP contribution in [-0.2, 0) is 4.79 Å². The third kappa shape index (κ3) is 8.71. The fourth-order valence-electron chi connectivity index (χ4n) is 1.56. The molecule has 0 saturated heterocycles. The van der Waals surface area contributed by atoms with Crippen LogP contribution in [0, 0.1) is 0 Å². The van der Waals surface area contributed by atoms with Gasteiger partial charge in [-0.05, 0) is 52.0 Å². The van der Waals surface area contributed by atoms with E-state index in [2.05, 4.69) is 20.9 Å². The summed E-state index contributed by atoms with van der Waals surface area (Å²) in [5, 5.41) is 18.2. The third-order valence-electron chi connectivity index (χ3n) is 2.37. The van der Waals surface area contributed by atoms with E-state index in [1.54, 1.807) is 12.1 Å². The number of phenols is 1. The molecule has 6 nitrogen and oxygen atoms in total. The number of amides is 1. The highest BCUT2D eigenvalue weighted by Crippen LogP contribution is 2.13. The molecule has 0 spiro atoms. The van der Waals surface area contributed by atoms with Crippen molar-refractivity contribution in [1.29, 1.82) is 0 Å². The molecule has 0 unspecified atom stereocenters. The Morgan fingerprint density at radius 2 is 1.82 bits per heavy atom. The van der Waals surface area contributed by atoms with E-state index in [0.717, 1.165) is 6.54 Å². The number of halogens is 1. The molecule has 0 bridgehead atoms. The minimum Gasteiger partial charge on any atom is -0.508 e. The lowest BCUT2D eigenvalue weighted by Crippen LogP contribution is -2.47. The van der Waals surface area contributed by atoms with Gasteiger partial charge in [-0.1, -0.05) is 0 Å². The van der Waals surface area contributed by atoms with E-state index < -0.39 is 0 Å². The first-order valence-corrected chi connectivity index (χ1v) is 6.95. The van der Waals surface area contributed by atoms with E-state index in [9.17, 15) is 9.90 Å². The molecule has 0 aliphatic carbocycles. The van der Waals surface area contributed by atoms with Gasteiger partial charge in [-0.2, -0.15) is 0 Å². The average Bonchev–Trinajstić information content (AvgIpc) is 2.37. The summed E-state index contributed by atoms with van der Waals surface area (Å²) in [6.45, 7) is 8.79. The number of rotatable bonds is 4. The minimum absolute atomic E-state index is 0. The molecule has 0 aromatic heterocycles. The van der Waals surface area contributed by atoms with Crippen LogP contribution in [0.5, 0.6) is 5.75 Å². The molecule has 0 aliphatic rings. The molecule has 22 heavy (non-hydrogen) atoms. The molecule has 0 atom stereocenters. The SMILES string of the molecule is CCNC(=NCC(=O)Nc1ccc(O)cc1)NC(C)(C)C.I. The number of aromatic hydroxyl groups is 1. The van der Waals surface area contributed by atoms with E-state index in [1.165, 1.54) is 12.1 Å². The summed E-state index contributed by atoms with van der Waals surface area (Å²) < 4.78 is 0. The van der Waals surface area contributed by atoms with Crippen molar-refractivity contribution in [1.82, 2.24) is 10.6 Å². The summed E-state index contributed by atoms with van der Waals surface area (Å²) in [5.41, 5.74) is 0.496. The van der Waals surface area contributed by atoms with Gasteiger partial charge in [-0.25, -0.2) is 4.99 Å². The van der Waals surface area contributed by atoms with Gasteiger partial charge < -0.3 is 21.1 Å². The van der Waals surface area contributed by atoms with Crippen LogP contribution >= 0.6 is 24.0 Å². The number of hydrogen-bond acceptors (Lipinski definition) is 3. The quantitative estimate of drug-likeness (QED) is 0.261. The Balaban J connectivity index is 0.00000441. The Labute approximate surface area is 148 Å². The standard InChI is InChI=1S/C15H24N4O2.HI/c1-5-16-14(19-15(2,3)4)17-10-13(21)18-11-6-8-12(20)9-7-11;/h6-9,20H,5,10H2,1-4H3,(H,18,21)(H2,16,17,19);1H. The summed E-state index contributed by atoms with van der Waals surface area (Å²) in [4.78, 5) is 16.1. The smallest absolute Gasteiger partial charge is 0.246 e. The summed E-state index contributed by atoms with van der Waals surface area (Å²) in [5.74, 6) is 0.549. The molecule has 0 fully saturated rings. The van der Waals surface area contributed by atoms with Crippen molar-refractivity contribution in [2.45, 2.75) is 33.2 Å². The topological polar surface area (TPSA) is 85.8 Å². The maximum Gasteiger partial charge on any atom is 0.246 e. The van der Waals surface area contributed by atoms with Gasteiger partial charge in [0.25, 0.3) is 0 Å². The van der Waals surface area contributed by atoms with Gasteiger partial charge in [0.05, 0.1) is 0 Å². The van der Waals surface area contributed by atoms with Crippen LogP contribution in [-0.4, -0.2) is 35.6 Å². The fourth-order valence-corrected chi connectivity index (χ4v) is 1.56. The Morgan fingerprint density at radius 1 is 1.23 bits per heavy atom. The van der Waals surface area contributed by atoms with Crippen molar-refractivity contribution in [2.24, 2.45) is 4.99 Å². The molecule has 1 aromatic rings. The number of benzene rings is 1. The van der Waals surface area contributed by atoms with Crippen LogP contribution in [0.15, 0.2) is 29.3 Å². The van der Waals surface area contributed by atoms with Gasteiger partial charge in [-0.15, -0.1) is 24.0 Å². The first-order chi connectivity index (χ1) is 9.80. The Bertz CT molecular complexity index is 495. The molecule has 1 amide bonds. The lowest BCUT2D eigenvalue weighted by molar-refractivity contribution is -0.114. The van der Waals surface area contributed by atoms with Crippen molar-refractivity contribution < 1.29 is 9.90 Å². The number of anilines is 1. The van der Waals surface area contributed by atoms with Crippen LogP contribution in [0.25, 0.3) is 0 Å². The van der Waals surface area contributed by atoms with Gasteiger partial charge in [0.2, 0.25) is 5.91 Å². The van der Waals surface area contributed by atoms with E-state index in [1.807, 2.05) is 27.7 Å². The zero-order valence-corrected chi connectivity index (χ0v) is 15.8. The van der Waals surface area contributed by atoms with Crippen molar-refractivity contribution in [3.8, 4) is 5.75 Å². The second-order valence-electron chi connectivity index (χ2n) is 5.67. The van der Waals surface area contributed by atoms with Crippen LogP contribution in [0.1, 0.15) is 27.7 Å².